The zero-order chi connectivity index (χ0) is 17.5. The molecule has 0 aliphatic heterocycles. The summed E-state index contributed by atoms with van der Waals surface area (Å²) in [5.74, 6) is 0.271. The number of amides is 1. The summed E-state index contributed by atoms with van der Waals surface area (Å²) in [7, 11) is 0. The summed E-state index contributed by atoms with van der Waals surface area (Å²) in [4.78, 5) is 11.9. The van der Waals surface area contributed by atoms with Crippen LogP contribution in [0.4, 0.5) is 14.5 Å². The van der Waals surface area contributed by atoms with Gasteiger partial charge in [0.25, 0.3) is 0 Å². The van der Waals surface area contributed by atoms with Crippen molar-refractivity contribution in [1.82, 2.24) is 0 Å². The van der Waals surface area contributed by atoms with Gasteiger partial charge in [-0.05, 0) is 42.8 Å². The highest BCUT2D eigenvalue weighted by molar-refractivity contribution is 6.32. The maximum Gasteiger partial charge on any atom is 0.387 e. The summed E-state index contributed by atoms with van der Waals surface area (Å²) >= 11 is 5.82. The van der Waals surface area contributed by atoms with E-state index in [0.29, 0.717) is 11.4 Å². The standard InChI is InChI=1S/C17H16ClF2NO3/c1-11-3-2-4-13(9-11)23-8-7-16(22)21-12-5-6-15(14(18)10-12)24-17(19)20/h2-6,9-10,17H,7-8H2,1H3,(H,21,22). The molecule has 0 aliphatic carbocycles. The molecule has 0 bridgehead atoms. The summed E-state index contributed by atoms with van der Waals surface area (Å²) < 4.78 is 34.0. The van der Waals surface area contributed by atoms with Crippen molar-refractivity contribution >= 4 is 23.2 Å². The fraction of sp³-hybridized carbons (Fsp3) is 0.235. The van der Waals surface area contributed by atoms with Crippen LogP contribution < -0.4 is 14.8 Å². The van der Waals surface area contributed by atoms with E-state index in [1.54, 1.807) is 0 Å². The second-order valence-corrected chi connectivity index (χ2v) is 5.39. The van der Waals surface area contributed by atoms with Crippen LogP contribution in [0.25, 0.3) is 0 Å². The van der Waals surface area contributed by atoms with Gasteiger partial charge < -0.3 is 14.8 Å². The van der Waals surface area contributed by atoms with E-state index in [1.165, 1.54) is 18.2 Å². The number of benzene rings is 2. The zero-order valence-corrected chi connectivity index (χ0v) is 13.6. The molecule has 2 rings (SSSR count). The molecule has 24 heavy (non-hydrogen) atoms. The lowest BCUT2D eigenvalue weighted by Gasteiger charge is -2.10. The highest BCUT2D eigenvalue weighted by Gasteiger charge is 2.10. The van der Waals surface area contributed by atoms with Gasteiger partial charge in [0.1, 0.15) is 11.5 Å². The number of carbonyl (C=O) groups is 1. The van der Waals surface area contributed by atoms with E-state index in [1.807, 2.05) is 31.2 Å². The molecule has 1 amide bonds. The topological polar surface area (TPSA) is 47.6 Å². The summed E-state index contributed by atoms with van der Waals surface area (Å²) in [6.07, 6.45) is 0.140. The van der Waals surface area contributed by atoms with Crippen LogP contribution in [-0.2, 0) is 4.79 Å². The van der Waals surface area contributed by atoms with Gasteiger partial charge in [0.15, 0.2) is 0 Å². The highest BCUT2D eigenvalue weighted by Crippen LogP contribution is 2.29. The summed E-state index contributed by atoms with van der Waals surface area (Å²) in [6, 6.07) is 11.6. The Labute approximate surface area is 143 Å². The molecule has 128 valence electrons. The molecule has 0 saturated heterocycles. The van der Waals surface area contributed by atoms with Gasteiger partial charge in [-0.15, -0.1) is 0 Å². The number of carbonyl (C=O) groups excluding carboxylic acids is 1. The number of hydrogen-bond acceptors (Lipinski definition) is 3. The molecule has 0 atom stereocenters. The van der Waals surface area contributed by atoms with E-state index in [-0.39, 0.29) is 29.7 Å². The van der Waals surface area contributed by atoms with Crippen LogP contribution in [0.15, 0.2) is 42.5 Å². The van der Waals surface area contributed by atoms with E-state index >= 15 is 0 Å². The lowest BCUT2D eigenvalue weighted by molar-refractivity contribution is -0.116. The second kappa shape index (κ2) is 8.49. The van der Waals surface area contributed by atoms with Gasteiger partial charge in [0, 0.05) is 5.69 Å². The molecule has 7 heteroatoms. The summed E-state index contributed by atoms with van der Waals surface area (Å²) in [5.41, 5.74) is 1.46. The Morgan fingerprint density at radius 2 is 2.04 bits per heavy atom. The third kappa shape index (κ3) is 5.70. The molecule has 0 unspecified atom stereocenters. The van der Waals surface area contributed by atoms with Gasteiger partial charge in [-0.2, -0.15) is 8.78 Å². The molecule has 2 aromatic carbocycles. The van der Waals surface area contributed by atoms with Gasteiger partial charge in [0.2, 0.25) is 5.91 Å². The monoisotopic (exact) mass is 355 g/mol. The van der Waals surface area contributed by atoms with Crippen LogP contribution in [0.1, 0.15) is 12.0 Å². The van der Waals surface area contributed by atoms with Crippen molar-refractivity contribution in [2.45, 2.75) is 20.0 Å². The van der Waals surface area contributed by atoms with E-state index in [0.717, 1.165) is 5.56 Å². The van der Waals surface area contributed by atoms with E-state index in [2.05, 4.69) is 10.1 Å². The predicted octanol–water partition coefficient (Wildman–Crippen LogP) is 4.66. The average molecular weight is 356 g/mol. The molecule has 0 saturated carbocycles. The zero-order valence-electron chi connectivity index (χ0n) is 12.9. The minimum atomic E-state index is -2.96. The number of alkyl halides is 2. The molecule has 1 N–H and O–H groups in total. The fourth-order valence-electron chi connectivity index (χ4n) is 1.96. The molecule has 0 aromatic heterocycles. The predicted molar refractivity (Wildman–Crippen MR) is 88.0 cm³/mol. The van der Waals surface area contributed by atoms with Gasteiger partial charge >= 0.3 is 6.61 Å². The Balaban J connectivity index is 1.82. The first-order chi connectivity index (χ1) is 11.4. The fourth-order valence-corrected chi connectivity index (χ4v) is 2.19. The van der Waals surface area contributed by atoms with Gasteiger partial charge in [-0.1, -0.05) is 23.7 Å². The molecule has 4 nitrogen and oxygen atoms in total. The lowest BCUT2D eigenvalue weighted by atomic mass is 10.2. The van der Waals surface area contributed by atoms with E-state index in [9.17, 15) is 13.6 Å². The minimum absolute atomic E-state index is 0.0101. The molecule has 2 aromatic rings. The number of anilines is 1. The number of rotatable bonds is 7. The summed E-state index contributed by atoms with van der Waals surface area (Å²) in [6.45, 7) is -0.790. The SMILES string of the molecule is Cc1cccc(OCCC(=O)Nc2ccc(OC(F)F)c(Cl)c2)c1. The number of ether oxygens (including phenoxy) is 2. The van der Waals surface area contributed by atoms with Crippen molar-refractivity contribution in [3.8, 4) is 11.5 Å². The second-order valence-electron chi connectivity index (χ2n) is 4.99. The minimum Gasteiger partial charge on any atom is -0.493 e. The van der Waals surface area contributed by atoms with Crippen LogP contribution in [0, 0.1) is 6.92 Å². The molecule has 0 spiro atoms. The lowest BCUT2D eigenvalue weighted by Crippen LogP contribution is -2.15. The molecule has 0 heterocycles. The third-order valence-corrected chi connectivity index (χ3v) is 3.31. The molecule has 0 radical (unpaired) electrons. The Kier molecular flexibility index (Phi) is 6.37. The number of nitrogens with one attached hydrogen (secondary N) is 1. The van der Waals surface area contributed by atoms with Crippen molar-refractivity contribution in [3.63, 3.8) is 0 Å². The van der Waals surface area contributed by atoms with Crippen LogP contribution in [0.2, 0.25) is 5.02 Å². The van der Waals surface area contributed by atoms with Crippen molar-refractivity contribution < 1.29 is 23.0 Å². The first kappa shape index (κ1) is 18.0. The molecular formula is C17H16ClF2NO3. The third-order valence-electron chi connectivity index (χ3n) is 3.02. The van der Waals surface area contributed by atoms with Crippen molar-refractivity contribution in [2.24, 2.45) is 0 Å². The number of hydrogen-bond donors (Lipinski definition) is 1. The van der Waals surface area contributed by atoms with Crippen LogP contribution >= 0.6 is 11.6 Å². The Bertz CT molecular complexity index is 710. The molecule has 0 aliphatic rings. The first-order valence-electron chi connectivity index (χ1n) is 7.18. The Morgan fingerprint density at radius 3 is 2.71 bits per heavy atom. The van der Waals surface area contributed by atoms with Gasteiger partial charge in [-0.3, -0.25) is 4.79 Å². The number of halogens is 3. The van der Waals surface area contributed by atoms with Gasteiger partial charge in [0.05, 0.1) is 18.1 Å². The normalized spacial score (nSPS) is 10.5. The maximum atomic E-state index is 12.2. The highest BCUT2D eigenvalue weighted by atomic mass is 35.5. The first-order valence-corrected chi connectivity index (χ1v) is 7.55. The average Bonchev–Trinajstić information content (AvgIpc) is 2.50. The van der Waals surface area contributed by atoms with Gasteiger partial charge in [-0.25, -0.2) is 0 Å². The Morgan fingerprint density at radius 1 is 1.25 bits per heavy atom. The molecule has 0 fully saturated rings. The number of aryl methyl sites for hydroxylation is 1. The largest absolute Gasteiger partial charge is 0.493 e. The van der Waals surface area contributed by atoms with Crippen LogP contribution in [0.5, 0.6) is 11.5 Å². The van der Waals surface area contributed by atoms with Crippen LogP contribution in [0.3, 0.4) is 0 Å². The van der Waals surface area contributed by atoms with Crippen molar-refractivity contribution in [1.29, 1.82) is 0 Å². The smallest absolute Gasteiger partial charge is 0.387 e. The quantitative estimate of drug-likeness (QED) is 0.786. The van der Waals surface area contributed by atoms with E-state index in [4.69, 9.17) is 16.3 Å². The molecular weight excluding hydrogens is 340 g/mol. The van der Waals surface area contributed by atoms with Crippen LogP contribution in [-0.4, -0.2) is 19.1 Å². The summed E-state index contributed by atoms with van der Waals surface area (Å²) in [5, 5.41) is 2.60. The van der Waals surface area contributed by atoms with E-state index < -0.39 is 6.61 Å². The Hall–Kier alpha value is -2.34. The maximum absolute atomic E-state index is 12.2. The van der Waals surface area contributed by atoms with Crippen molar-refractivity contribution in [2.75, 3.05) is 11.9 Å². The van der Waals surface area contributed by atoms with Crippen molar-refractivity contribution in [3.05, 3.63) is 53.1 Å².